The van der Waals surface area contributed by atoms with E-state index in [0.29, 0.717) is 17.1 Å². The predicted molar refractivity (Wildman–Crippen MR) is 99.4 cm³/mol. The highest BCUT2D eigenvalue weighted by molar-refractivity contribution is 7.92. The van der Waals surface area contributed by atoms with Gasteiger partial charge in [-0.25, -0.2) is 13.4 Å². The predicted octanol–water partition coefficient (Wildman–Crippen LogP) is 2.73. The molecule has 0 aliphatic carbocycles. The van der Waals surface area contributed by atoms with Crippen molar-refractivity contribution in [2.24, 2.45) is 0 Å². The van der Waals surface area contributed by atoms with Crippen molar-refractivity contribution in [1.29, 1.82) is 5.26 Å². The minimum absolute atomic E-state index is 0.0913. The van der Waals surface area contributed by atoms with Gasteiger partial charge in [-0.1, -0.05) is 0 Å². The molecule has 0 aromatic carbocycles. The molecule has 25 heavy (non-hydrogen) atoms. The molecule has 6 nitrogen and oxygen atoms in total. The first-order valence-corrected chi connectivity index (χ1v) is 10.2. The highest BCUT2D eigenvalue weighted by Crippen LogP contribution is 2.36. The summed E-state index contributed by atoms with van der Waals surface area (Å²) in [4.78, 5) is 7.40. The van der Waals surface area contributed by atoms with Crippen LogP contribution in [0.4, 0.5) is 10.7 Å². The van der Waals surface area contributed by atoms with Crippen LogP contribution in [0, 0.1) is 11.3 Å². The van der Waals surface area contributed by atoms with Crippen molar-refractivity contribution in [3.63, 3.8) is 0 Å². The van der Waals surface area contributed by atoms with Gasteiger partial charge in [0.05, 0.1) is 28.7 Å². The molecule has 2 aromatic rings. The number of nitrogens with zero attached hydrogens (tertiary/aromatic N) is 3. The number of nitrogens with two attached hydrogens (primary N) is 1. The monoisotopic (exact) mass is 376 g/mol. The molecule has 0 bridgehead atoms. The number of thiophene rings is 1. The van der Waals surface area contributed by atoms with Crippen molar-refractivity contribution in [3.05, 3.63) is 34.3 Å². The number of sulfone groups is 1. The zero-order valence-corrected chi connectivity index (χ0v) is 16.0. The molecule has 0 unspecified atom stereocenters. The Bertz CT molecular complexity index is 948. The third kappa shape index (κ3) is 2.98. The van der Waals surface area contributed by atoms with Gasteiger partial charge in [-0.05, 0) is 44.9 Å². The first kappa shape index (κ1) is 17.7. The normalized spacial score (nSPS) is 14.9. The first-order chi connectivity index (χ1) is 11.6. The molecule has 0 amide bonds. The lowest BCUT2D eigenvalue weighted by Crippen LogP contribution is -2.30. The molecular weight excluding hydrogens is 356 g/mol. The van der Waals surface area contributed by atoms with Crippen molar-refractivity contribution >= 4 is 31.9 Å². The number of pyridine rings is 1. The molecule has 2 aromatic heterocycles. The van der Waals surface area contributed by atoms with Gasteiger partial charge in [0.1, 0.15) is 11.1 Å². The molecule has 0 radical (unpaired) electrons. The standard InChI is InChI=1S/C17H20N4O2S2/c1-17(2,3)25(22,23)15-5-4-11(9-20-15)21-7-6-12-13(8-18)16(19)24-14(12)10-21/h4-5,9H,6-7,10,19H2,1-3H3. The Morgan fingerprint density at radius 2 is 2.08 bits per heavy atom. The van der Waals surface area contributed by atoms with Crippen LogP contribution in [0.3, 0.4) is 0 Å². The SMILES string of the molecule is CC(C)(C)S(=O)(=O)c1ccc(N2CCc3c(sc(N)c3C#N)C2)cn1. The summed E-state index contributed by atoms with van der Waals surface area (Å²) >= 11 is 1.45. The van der Waals surface area contributed by atoms with Gasteiger partial charge < -0.3 is 10.6 Å². The van der Waals surface area contributed by atoms with E-state index in [1.165, 1.54) is 11.3 Å². The molecule has 1 aliphatic rings. The zero-order chi connectivity index (χ0) is 18.4. The van der Waals surface area contributed by atoms with Gasteiger partial charge in [0.2, 0.25) is 0 Å². The van der Waals surface area contributed by atoms with Crippen LogP contribution in [0.2, 0.25) is 0 Å². The molecule has 1 aliphatic heterocycles. The summed E-state index contributed by atoms with van der Waals surface area (Å²) < 4.78 is 24.0. The summed E-state index contributed by atoms with van der Waals surface area (Å²) in [6.07, 6.45) is 2.35. The van der Waals surface area contributed by atoms with Crippen molar-refractivity contribution in [2.45, 2.75) is 43.5 Å². The molecule has 3 heterocycles. The van der Waals surface area contributed by atoms with E-state index in [0.717, 1.165) is 29.1 Å². The summed E-state index contributed by atoms with van der Waals surface area (Å²) in [5.41, 5.74) is 8.43. The highest BCUT2D eigenvalue weighted by atomic mass is 32.2. The van der Waals surface area contributed by atoms with Gasteiger partial charge in [0.25, 0.3) is 0 Å². The summed E-state index contributed by atoms with van der Waals surface area (Å²) in [7, 11) is -3.46. The maximum Gasteiger partial charge on any atom is 0.200 e. The number of hydrogen-bond acceptors (Lipinski definition) is 7. The minimum atomic E-state index is -3.46. The number of nitrogen functional groups attached to an aromatic ring is 1. The second-order valence-electron chi connectivity index (χ2n) is 7.00. The van der Waals surface area contributed by atoms with Gasteiger partial charge in [0, 0.05) is 11.4 Å². The van der Waals surface area contributed by atoms with Crippen LogP contribution in [0.25, 0.3) is 0 Å². The van der Waals surface area contributed by atoms with Gasteiger partial charge in [0.15, 0.2) is 14.9 Å². The van der Waals surface area contributed by atoms with E-state index in [1.54, 1.807) is 39.1 Å². The van der Waals surface area contributed by atoms with Crippen LogP contribution in [0.5, 0.6) is 0 Å². The van der Waals surface area contributed by atoms with Crippen LogP contribution in [-0.2, 0) is 22.8 Å². The molecule has 0 spiro atoms. The molecule has 0 saturated carbocycles. The Hall–Kier alpha value is -2.11. The van der Waals surface area contributed by atoms with E-state index in [4.69, 9.17) is 5.73 Å². The Labute approximate surface area is 151 Å². The van der Waals surface area contributed by atoms with Gasteiger partial charge in [-0.2, -0.15) is 5.26 Å². The van der Waals surface area contributed by atoms with E-state index < -0.39 is 14.6 Å². The second-order valence-corrected chi connectivity index (χ2v) is 10.8. The quantitative estimate of drug-likeness (QED) is 0.865. The third-order valence-electron chi connectivity index (χ3n) is 4.36. The van der Waals surface area contributed by atoms with E-state index in [1.807, 2.05) is 0 Å². The maximum atomic E-state index is 12.5. The molecule has 2 N–H and O–H groups in total. The smallest absolute Gasteiger partial charge is 0.200 e. The molecular formula is C17H20N4O2S2. The minimum Gasteiger partial charge on any atom is -0.389 e. The Morgan fingerprint density at radius 3 is 2.64 bits per heavy atom. The van der Waals surface area contributed by atoms with Gasteiger partial charge >= 0.3 is 0 Å². The highest BCUT2D eigenvalue weighted by Gasteiger charge is 2.32. The number of hydrogen-bond donors (Lipinski definition) is 1. The Balaban J connectivity index is 1.86. The third-order valence-corrected chi connectivity index (χ3v) is 7.81. The van der Waals surface area contributed by atoms with Crippen molar-refractivity contribution in [1.82, 2.24) is 4.98 Å². The number of rotatable bonds is 2. The van der Waals surface area contributed by atoms with Crippen molar-refractivity contribution < 1.29 is 8.42 Å². The summed E-state index contributed by atoms with van der Waals surface area (Å²) in [6.45, 7) is 6.39. The fraction of sp³-hybridized carbons (Fsp3) is 0.412. The topological polar surface area (TPSA) is 100 Å². The van der Waals surface area contributed by atoms with Crippen LogP contribution >= 0.6 is 11.3 Å². The number of anilines is 2. The molecule has 132 valence electrons. The zero-order valence-electron chi connectivity index (χ0n) is 14.4. The lowest BCUT2D eigenvalue weighted by Gasteiger charge is -2.29. The van der Waals surface area contributed by atoms with E-state index in [9.17, 15) is 13.7 Å². The molecule has 0 atom stereocenters. The summed E-state index contributed by atoms with van der Waals surface area (Å²) in [6, 6.07) is 5.54. The van der Waals surface area contributed by atoms with E-state index in [2.05, 4.69) is 16.0 Å². The average molecular weight is 377 g/mol. The van der Waals surface area contributed by atoms with Gasteiger partial charge in [-0.15, -0.1) is 11.3 Å². The molecule has 3 rings (SSSR count). The van der Waals surface area contributed by atoms with Crippen molar-refractivity contribution in [3.8, 4) is 6.07 Å². The van der Waals surface area contributed by atoms with Crippen LogP contribution in [-0.4, -0.2) is 24.7 Å². The summed E-state index contributed by atoms with van der Waals surface area (Å²) in [5.74, 6) is 0. The second kappa shape index (κ2) is 6.00. The largest absolute Gasteiger partial charge is 0.389 e. The number of aromatic nitrogens is 1. The lowest BCUT2D eigenvalue weighted by molar-refractivity contribution is 0.556. The Kier molecular flexibility index (Phi) is 4.25. The fourth-order valence-electron chi connectivity index (χ4n) is 2.80. The fourth-order valence-corrected chi connectivity index (χ4v) is 4.95. The molecule has 0 fully saturated rings. The summed E-state index contributed by atoms with van der Waals surface area (Å²) in [5, 5.41) is 9.87. The average Bonchev–Trinajstić information content (AvgIpc) is 2.88. The van der Waals surface area contributed by atoms with Crippen molar-refractivity contribution in [2.75, 3.05) is 17.2 Å². The van der Waals surface area contributed by atoms with Crippen LogP contribution in [0.1, 0.15) is 36.8 Å². The van der Waals surface area contributed by atoms with Crippen LogP contribution in [0.15, 0.2) is 23.4 Å². The number of fused-ring (bicyclic) bond motifs is 1. The van der Waals surface area contributed by atoms with E-state index in [-0.39, 0.29) is 5.03 Å². The molecule has 8 heteroatoms. The molecule has 0 saturated heterocycles. The van der Waals surface area contributed by atoms with Gasteiger partial charge in [-0.3, -0.25) is 0 Å². The van der Waals surface area contributed by atoms with Crippen LogP contribution < -0.4 is 10.6 Å². The maximum absolute atomic E-state index is 12.5. The first-order valence-electron chi connectivity index (χ1n) is 7.91. The lowest BCUT2D eigenvalue weighted by atomic mass is 10.0. The number of nitriles is 1. The van der Waals surface area contributed by atoms with E-state index >= 15 is 0 Å². The Morgan fingerprint density at radius 1 is 1.36 bits per heavy atom.